The maximum Gasteiger partial charge on any atom is 0.337 e. The SMILES string of the molecule is COC(=O)c1ccc(NC(=O)NC2CCN(Cc3ccccc3)CC2)c(C)c1. The zero-order chi connectivity index (χ0) is 19.9. The van der Waals surface area contributed by atoms with Gasteiger partial charge in [-0.05, 0) is 49.1 Å². The van der Waals surface area contributed by atoms with Crippen LogP contribution < -0.4 is 10.6 Å². The Morgan fingerprint density at radius 3 is 2.46 bits per heavy atom. The molecular formula is C22H27N3O3. The maximum absolute atomic E-state index is 12.4. The lowest BCUT2D eigenvalue weighted by molar-refractivity contribution is 0.0600. The van der Waals surface area contributed by atoms with E-state index in [1.807, 2.05) is 13.0 Å². The van der Waals surface area contributed by atoms with E-state index in [9.17, 15) is 9.59 Å². The zero-order valence-electron chi connectivity index (χ0n) is 16.4. The maximum atomic E-state index is 12.4. The fourth-order valence-electron chi connectivity index (χ4n) is 3.47. The van der Waals surface area contributed by atoms with E-state index in [4.69, 9.17) is 4.74 Å². The molecule has 0 aromatic heterocycles. The van der Waals surface area contributed by atoms with E-state index in [1.165, 1.54) is 12.7 Å². The molecule has 1 aliphatic rings. The zero-order valence-corrected chi connectivity index (χ0v) is 16.4. The molecule has 0 bridgehead atoms. The van der Waals surface area contributed by atoms with Crippen LogP contribution in [0.2, 0.25) is 0 Å². The van der Waals surface area contributed by atoms with Gasteiger partial charge in [-0.1, -0.05) is 30.3 Å². The number of piperidine rings is 1. The number of hydrogen-bond acceptors (Lipinski definition) is 4. The molecule has 1 heterocycles. The molecule has 1 saturated heterocycles. The van der Waals surface area contributed by atoms with Crippen molar-refractivity contribution in [2.45, 2.75) is 32.4 Å². The lowest BCUT2D eigenvalue weighted by Gasteiger charge is -2.32. The average Bonchev–Trinajstić information content (AvgIpc) is 2.71. The third-order valence-corrected chi connectivity index (χ3v) is 5.07. The fourth-order valence-corrected chi connectivity index (χ4v) is 3.47. The first kappa shape index (κ1) is 19.9. The average molecular weight is 381 g/mol. The van der Waals surface area contributed by atoms with Crippen LogP contribution in [0.25, 0.3) is 0 Å². The molecule has 6 heteroatoms. The number of rotatable bonds is 5. The fraction of sp³-hybridized carbons (Fsp3) is 0.364. The minimum Gasteiger partial charge on any atom is -0.465 e. The second kappa shape index (κ2) is 9.37. The highest BCUT2D eigenvalue weighted by atomic mass is 16.5. The summed E-state index contributed by atoms with van der Waals surface area (Å²) in [4.78, 5) is 26.3. The molecule has 0 atom stereocenters. The smallest absolute Gasteiger partial charge is 0.337 e. The molecule has 3 rings (SSSR count). The van der Waals surface area contributed by atoms with Gasteiger partial charge in [0.1, 0.15) is 0 Å². The van der Waals surface area contributed by atoms with E-state index in [-0.39, 0.29) is 18.0 Å². The first-order chi connectivity index (χ1) is 13.5. The molecule has 0 unspecified atom stereocenters. The van der Waals surface area contributed by atoms with Crippen LogP contribution in [0.15, 0.2) is 48.5 Å². The number of ether oxygens (including phenoxy) is 1. The molecule has 2 amide bonds. The highest BCUT2D eigenvalue weighted by Crippen LogP contribution is 2.18. The van der Waals surface area contributed by atoms with Crippen molar-refractivity contribution < 1.29 is 14.3 Å². The monoisotopic (exact) mass is 381 g/mol. The van der Waals surface area contributed by atoms with Gasteiger partial charge in [-0.3, -0.25) is 4.90 Å². The Kier molecular flexibility index (Phi) is 6.66. The lowest BCUT2D eigenvalue weighted by atomic mass is 10.0. The summed E-state index contributed by atoms with van der Waals surface area (Å²) in [5.41, 5.74) is 3.29. The third-order valence-electron chi connectivity index (χ3n) is 5.07. The standard InChI is InChI=1S/C22H27N3O3/c1-16-14-18(21(26)28-2)8-9-20(16)24-22(27)23-19-10-12-25(13-11-19)15-17-6-4-3-5-7-17/h3-9,14,19H,10-13,15H2,1-2H3,(H2,23,24,27). The van der Waals surface area contributed by atoms with Gasteiger partial charge in [0.15, 0.2) is 0 Å². The molecule has 28 heavy (non-hydrogen) atoms. The van der Waals surface area contributed by atoms with Crippen molar-refractivity contribution in [1.29, 1.82) is 0 Å². The quantitative estimate of drug-likeness (QED) is 0.777. The van der Waals surface area contributed by atoms with Crippen LogP contribution >= 0.6 is 0 Å². The molecule has 0 aliphatic carbocycles. The van der Waals surface area contributed by atoms with E-state index < -0.39 is 0 Å². The molecule has 6 nitrogen and oxygen atoms in total. The normalized spacial score (nSPS) is 15.1. The van der Waals surface area contributed by atoms with Crippen LogP contribution in [-0.4, -0.2) is 43.1 Å². The van der Waals surface area contributed by atoms with Crippen molar-refractivity contribution >= 4 is 17.7 Å². The number of hydrogen-bond donors (Lipinski definition) is 2. The molecule has 0 radical (unpaired) electrons. The molecule has 0 spiro atoms. The number of likely N-dealkylation sites (tertiary alicyclic amines) is 1. The Morgan fingerprint density at radius 1 is 1.11 bits per heavy atom. The van der Waals surface area contributed by atoms with Crippen LogP contribution in [0.3, 0.4) is 0 Å². The van der Waals surface area contributed by atoms with Crippen molar-refractivity contribution in [3.05, 3.63) is 65.2 Å². The molecule has 148 valence electrons. The molecule has 0 saturated carbocycles. The van der Waals surface area contributed by atoms with Gasteiger partial charge < -0.3 is 15.4 Å². The Labute approximate surface area is 165 Å². The number of urea groups is 1. The van der Waals surface area contributed by atoms with Gasteiger partial charge in [0.2, 0.25) is 0 Å². The second-order valence-electron chi connectivity index (χ2n) is 7.16. The van der Waals surface area contributed by atoms with Gasteiger partial charge in [0.05, 0.1) is 12.7 Å². The Bertz CT molecular complexity index is 815. The van der Waals surface area contributed by atoms with Gasteiger partial charge >= 0.3 is 12.0 Å². The number of carbonyl (C=O) groups excluding carboxylic acids is 2. The molecule has 1 fully saturated rings. The number of anilines is 1. The summed E-state index contributed by atoms with van der Waals surface area (Å²) < 4.78 is 4.72. The minimum absolute atomic E-state index is 0.168. The summed E-state index contributed by atoms with van der Waals surface area (Å²) in [6.45, 7) is 4.73. The van der Waals surface area contributed by atoms with Crippen molar-refractivity contribution in [2.24, 2.45) is 0 Å². The van der Waals surface area contributed by atoms with Crippen LogP contribution in [0, 0.1) is 6.92 Å². The number of carbonyl (C=O) groups is 2. The molecule has 2 aromatic rings. The van der Waals surface area contributed by atoms with Crippen LogP contribution in [0.4, 0.5) is 10.5 Å². The predicted octanol–water partition coefficient (Wildman–Crippen LogP) is 3.57. The van der Waals surface area contributed by atoms with Crippen LogP contribution in [0.1, 0.15) is 34.3 Å². The summed E-state index contributed by atoms with van der Waals surface area (Å²) in [6, 6.07) is 15.5. The summed E-state index contributed by atoms with van der Waals surface area (Å²) in [5.74, 6) is -0.388. The molecule has 2 N–H and O–H groups in total. The number of amides is 2. The van der Waals surface area contributed by atoms with Crippen molar-refractivity contribution in [3.63, 3.8) is 0 Å². The van der Waals surface area contributed by atoms with Gasteiger partial charge in [-0.15, -0.1) is 0 Å². The summed E-state index contributed by atoms with van der Waals surface area (Å²) in [6.07, 6.45) is 1.86. The van der Waals surface area contributed by atoms with E-state index in [1.54, 1.807) is 18.2 Å². The van der Waals surface area contributed by atoms with Gasteiger partial charge in [0.25, 0.3) is 0 Å². The number of aryl methyl sites for hydroxylation is 1. The van der Waals surface area contributed by atoms with Crippen LogP contribution in [0.5, 0.6) is 0 Å². The molecule has 2 aromatic carbocycles. The largest absolute Gasteiger partial charge is 0.465 e. The van der Waals surface area contributed by atoms with Gasteiger partial charge in [-0.25, -0.2) is 9.59 Å². The van der Waals surface area contributed by atoms with E-state index in [0.717, 1.165) is 38.0 Å². The number of nitrogens with one attached hydrogen (secondary N) is 2. The highest BCUT2D eigenvalue weighted by Gasteiger charge is 2.21. The summed E-state index contributed by atoms with van der Waals surface area (Å²) in [7, 11) is 1.35. The van der Waals surface area contributed by atoms with Gasteiger partial charge in [0, 0.05) is 31.4 Å². The summed E-state index contributed by atoms with van der Waals surface area (Å²) >= 11 is 0. The number of esters is 1. The Hall–Kier alpha value is -2.86. The Balaban J connectivity index is 1.46. The highest BCUT2D eigenvalue weighted by molar-refractivity contribution is 5.93. The second-order valence-corrected chi connectivity index (χ2v) is 7.16. The minimum atomic E-state index is -0.388. The number of methoxy groups -OCH3 is 1. The van der Waals surface area contributed by atoms with Crippen molar-refractivity contribution in [3.8, 4) is 0 Å². The lowest BCUT2D eigenvalue weighted by Crippen LogP contribution is -2.45. The molecule has 1 aliphatic heterocycles. The molecular weight excluding hydrogens is 354 g/mol. The topological polar surface area (TPSA) is 70.7 Å². The predicted molar refractivity (Wildman–Crippen MR) is 109 cm³/mol. The number of benzene rings is 2. The van der Waals surface area contributed by atoms with E-state index in [0.29, 0.717) is 11.3 Å². The first-order valence-corrected chi connectivity index (χ1v) is 9.58. The van der Waals surface area contributed by atoms with Crippen LogP contribution in [-0.2, 0) is 11.3 Å². The van der Waals surface area contributed by atoms with Crippen molar-refractivity contribution in [1.82, 2.24) is 10.2 Å². The third kappa shape index (κ3) is 5.33. The van der Waals surface area contributed by atoms with E-state index >= 15 is 0 Å². The van der Waals surface area contributed by atoms with Gasteiger partial charge in [-0.2, -0.15) is 0 Å². The Morgan fingerprint density at radius 2 is 1.82 bits per heavy atom. The van der Waals surface area contributed by atoms with E-state index in [2.05, 4.69) is 39.8 Å². The number of nitrogens with zero attached hydrogens (tertiary/aromatic N) is 1. The first-order valence-electron chi connectivity index (χ1n) is 9.58. The summed E-state index contributed by atoms with van der Waals surface area (Å²) in [5, 5.41) is 5.94. The van der Waals surface area contributed by atoms with Crippen molar-refractivity contribution in [2.75, 3.05) is 25.5 Å².